The van der Waals surface area contributed by atoms with E-state index in [9.17, 15) is 13.2 Å². The van der Waals surface area contributed by atoms with Crippen molar-refractivity contribution in [2.75, 3.05) is 32.7 Å². The summed E-state index contributed by atoms with van der Waals surface area (Å²) in [6.45, 7) is 0.668. The maximum absolute atomic E-state index is 12.4. The van der Waals surface area contributed by atoms with Crippen LogP contribution in [-0.4, -0.2) is 38.5 Å². The molecule has 1 heterocycles. The number of hydrogen-bond acceptors (Lipinski definition) is 4. The van der Waals surface area contributed by atoms with E-state index in [4.69, 9.17) is 9.47 Å². The molecule has 1 rings (SSSR count). The number of nitrogens with one attached hydrogen (secondary N) is 1. The van der Waals surface area contributed by atoms with Gasteiger partial charge in [0.25, 0.3) is 0 Å². The lowest BCUT2D eigenvalue weighted by Gasteiger charge is -2.16. The number of halogens is 3. The molecule has 18 heavy (non-hydrogen) atoms. The number of ether oxygens (including phenoxy) is 2. The Hall–Kier alpha value is -1.34. The molecule has 1 unspecified atom stereocenters. The maximum Gasteiger partial charge on any atom is 0.433 e. The van der Waals surface area contributed by atoms with E-state index in [-0.39, 0.29) is 11.9 Å². The van der Waals surface area contributed by atoms with E-state index in [1.807, 2.05) is 0 Å². The third-order valence-corrected chi connectivity index (χ3v) is 2.24. The zero-order chi connectivity index (χ0) is 13.6. The van der Waals surface area contributed by atoms with Gasteiger partial charge in [0.2, 0.25) is 0 Å². The van der Waals surface area contributed by atoms with Crippen LogP contribution in [0, 0.1) is 0 Å². The minimum absolute atomic E-state index is 0.156. The van der Waals surface area contributed by atoms with Crippen molar-refractivity contribution < 1.29 is 22.6 Å². The van der Waals surface area contributed by atoms with Crippen LogP contribution >= 0.6 is 0 Å². The lowest BCUT2D eigenvalue weighted by atomic mass is 10.3. The molecule has 0 aromatic carbocycles. The summed E-state index contributed by atoms with van der Waals surface area (Å²) in [4.78, 5) is 3.48. The Bertz CT molecular complexity index is 372. The van der Waals surface area contributed by atoms with Gasteiger partial charge in [0.15, 0.2) is 0 Å². The first-order chi connectivity index (χ1) is 8.47. The van der Waals surface area contributed by atoms with Crippen LogP contribution < -0.4 is 5.32 Å². The molecule has 0 aliphatic heterocycles. The van der Waals surface area contributed by atoms with E-state index in [0.29, 0.717) is 13.2 Å². The van der Waals surface area contributed by atoms with Crippen molar-refractivity contribution in [1.29, 1.82) is 0 Å². The summed E-state index contributed by atoms with van der Waals surface area (Å²) in [5.41, 5.74) is -0.923. The van der Waals surface area contributed by atoms with Crippen molar-refractivity contribution in [3.8, 4) is 0 Å². The molecule has 0 saturated carbocycles. The summed E-state index contributed by atoms with van der Waals surface area (Å²) in [5, 5.41) is 2.78. The third kappa shape index (κ3) is 4.50. The van der Waals surface area contributed by atoms with Gasteiger partial charge in [0.05, 0.1) is 12.7 Å². The highest BCUT2D eigenvalue weighted by Gasteiger charge is 2.32. The van der Waals surface area contributed by atoms with Crippen LogP contribution in [0.1, 0.15) is 5.69 Å². The van der Waals surface area contributed by atoms with Gasteiger partial charge in [-0.2, -0.15) is 13.2 Å². The average molecular weight is 264 g/mol. The minimum atomic E-state index is -4.44. The predicted molar refractivity (Wildman–Crippen MR) is 60.4 cm³/mol. The molecule has 1 aromatic heterocycles. The Morgan fingerprint density at radius 1 is 1.33 bits per heavy atom. The van der Waals surface area contributed by atoms with Gasteiger partial charge in [0.1, 0.15) is 11.5 Å². The van der Waals surface area contributed by atoms with Crippen LogP contribution in [0.5, 0.6) is 0 Å². The summed E-state index contributed by atoms with van der Waals surface area (Å²) in [6, 6.07) is 3.69. The van der Waals surface area contributed by atoms with E-state index in [2.05, 4.69) is 10.3 Å². The second kappa shape index (κ2) is 6.55. The fourth-order valence-corrected chi connectivity index (χ4v) is 1.31. The highest BCUT2D eigenvalue weighted by atomic mass is 19.4. The molecular weight excluding hydrogens is 249 g/mol. The minimum Gasteiger partial charge on any atom is -0.382 e. The zero-order valence-corrected chi connectivity index (χ0v) is 10.1. The summed E-state index contributed by atoms with van der Waals surface area (Å²) in [5.74, 6) is 0.156. The number of nitrogens with zero attached hydrogens (tertiary/aromatic N) is 1. The fraction of sp³-hybridized carbons (Fsp3) is 0.545. The van der Waals surface area contributed by atoms with Crippen molar-refractivity contribution in [2.45, 2.75) is 12.3 Å². The molecule has 0 aliphatic rings. The molecule has 1 aromatic rings. The molecule has 1 N–H and O–H groups in total. The summed E-state index contributed by atoms with van der Waals surface area (Å²) >= 11 is 0. The van der Waals surface area contributed by atoms with Crippen molar-refractivity contribution >= 4 is 5.82 Å². The van der Waals surface area contributed by atoms with E-state index in [1.165, 1.54) is 26.4 Å². The van der Waals surface area contributed by atoms with Crippen LogP contribution in [-0.2, 0) is 15.7 Å². The molecule has 0 spiro atoms. The first kappa shape index (κ1) is 14.7. The first-order valence-electron chi connectivity index (χ1n) is 5.27. The molecule has 0 amide bonds. The Balaban J connectivity index is 2.62. The molecule has 1 atom stereocenters. The molecule has 0 radical (unpaired) electrons. The molecular formula is C11H15F3N2O2. The van der Waals surface area contributed by atoms with Gasteiger partial charge in [-0.3, -0.25) is 0 Å². The highest BCUT2D eigenvalue weighted by molar-refractivity contribution is 5.36. The molecule has 0 saturated heterocycles. The normalized spacial score (nSPS) is 13.4. The zero-order valence-electron chi connectivity index (χ0n) is 10.1. The van der Waals surface area contributed by atoms with E-state index in [1.54, 1.807) is 0 Å². The Morgan fingerprint density at radius 2 is 2.06 bits per heavy atom. The fourth-order valence-electron chi connectivity index (χ4n) is 1.31. The largest absolute Gasteiger partial charge is 0.433 e. The standard InChI is InChI=1S/C11H15F3N2O2/c1-17-7-8(18-2)6-15-10-5-3-4-9(16-10)11(12,13)14/h3-5,8H,6-7H2,1-2H3,(H,15,16). The van der Waals surface area contributed by atoms with E-state index >= 15 is 0 Å². The number of aromatic nitrogens is 1. The molecule has 0 aliphatic carbocycles. The monoisotopic (exact) mass is 264 g/mol. The SMILES string of the molecule is COCC(CNc1cccc(C(F)(F)F)n1)OC. The Labute approximate surface area is 103 Å². The Kier molecular flexibility index (Phi) is 5.36. The number of anilines is 1. The third-order valence-electron chi connectivity index (χ3n) is 2.24. The molecule has 102 valence electrons. The van der Waals surface area contributed by atoms with Crippen molar-refractivity contribution in [1.82, 2.24) is 4.98 Å². The molecule has 7 heteroatoms. The smallest absolute Gasteiger partial charge is 0.382 e. The van der Waals surface area contributed by atoms with Crippen molar-refractivity contribution in [3.05, 3.63) is 23.9 Å². The number of methoxy groups -OCH3 is 2. The molecule has 0 bridgehead atoms. The van der Waals surface area contributed by atoms with Crippen LogP contribution in [0.3, 0.4) is 0 Å². The van der Waals surface area contributed by atoms with Crippen LogP contribution in [0.25, 0.3) is 0 Å². The van der Waals surface area contributed by atoms with Crippen LogP contribution in [0.15, 0.2) is 18.2 Å². The van der Waals surface area contributed by atoms with Crippen LogP contribution in [0.2, 0.25) is 0 Å². The van der Waals surface area contributed by atoms with Gasteiger partial charge in [-0.1, -0.05) is 6.07 Å². The summed E-state index contributed by atoms with van der Waals surface area (Å²) in [6.07, 6.45) is -4.68. The van der Waals surface area contributed by atoms with E-state index < -0.39 is 11.9 Å². The first-order valence-corrected chi connectivity index (χ1v) is 5.27. The van der Waals surface area contributed by atoms with Crippen molar-refractivity contribution in [3.63, 3.8) is 0 Å². The molecule has 0 fully saturated rings. The number of rotatable bonds is 6. The van der Waals surface area contributed by atoms with Crippen molar-refractivity contribution in [2.24, 2.45) is 0 Å². The van der Waals surface area contributed by atoms with Gasteiger partial charge in [-0.25, -0.2) is 4.98 Å². The summed E-state index contributed by atoms with van der Waals surface area (Å²) in [7, 11) is 3.03. The topological polar surface area (TPSA) is 43.4 Å². The highest BCUT2D eigenvalue weighted by Crippen LogP contribution is 2.28. The average Bonchev–Trinajstić information content (AvgIpc) is 2.34. The van der Waals surface area contributed by atoms with Gasteiger partial charge >= 0.3 is 6.18 Å². The summed E-state index contributed by atoms with van der Waals surface area (Å²) < 4.78 is 47.2. The van der Waals surface area contributed by atoms with Crippen LogP contribution in [0.4, 0.5) is 19.0 Å². The number of alkyl halides is 3. The van der Waals surface area contributed by atoms with Gasteiger partial charge in [0, 0.05) is 20.8 Å². The van der Waals surface area contributed by atoms with Gasteiger partial charge in [-0.05, 0) is 12.1 Å². The lowest BCUT2D eigenvalue weighted by Crippen LogP contribution is -2.27. The van der Waals surface area contributed by atoms with E-state index in [0.717, 1.165) is 6.07 Å². The molecule has 4 nitrogen and oxygen atoms in total. The number of hydrogen-bond donors (Lipinski definition) is 1. The lowest BCUT2D eigenvalue weighted by molar-refractivity contribution is -0.141. The number of pyridine rings is 1. The van der Waals surface area contributed by atoms with Gasteiger partial charge in [-0.15, -0.1) is 0 Å². The quantitative estimate of drug-likeness (QED) is 0.855. The second-order valence-corrected chi connectivity index (χ2v) is 3.60. The maximum atomic E-state index is 12.4. The predicted octanol–water partition coefficient (Wildman–Crippen LogP) is 2.17. The Morgan fingerprint density at radius 3 is 2.61 bits per heavy atom. The second-order valence-electron chi connectivity index (χ2n) is 3.60. The van der Waals surface area contributed by atoms with Gasteiger partial charge < -0.3 is 14.8 Å².